The van der Waals surface area contributed by atoms with E-state index in [0.717, 1.165) is 11.1 Å². The van der Waals surface area contributed by atoms with Crippen LogP contribution in [0.25, 0.3) is 11.1 Å². The first-order valence-corrected chi connectivity index (χ1v) is 26.4. The Morgan fingerprint density at radius 2 is 0.350 bits per heavy atom. The van der Waals surface area contributed by atoms with Crippen LogP contribution in [0.4, 0.5) is 22.7 Å². The number of phenols is 8. The summed E-state index contributed by atoms with van der Waals surface area (Å²) in [5.74, 6) is 0.624. The third-order valence-electron chi connectivity index (χ3n) is 15.4. The minimum absolute atomic E-state index is 0.0319. The third kappa shape index (κ3) is 10.3. The Balaban J connectivity index is 0.796. The number of rotatable bonds is 5. The molecule has 0 amide bonds. The van der Waals surface area contributed by atoms with Crippen LogP contribution in [-0.2, 0) is 51.4 Å². The lowest BCUT2D eigenvalue weighted by atomic mass is 9.91. The van der Waals surface area contributed by atoms with Gasteiger partial charge in [-0.3, -0.25) is 0 Å². The summed E-state index contributed by atoms with van der Waals surface area (Å²) in [5.41, 5.74) is 13.6. The Bertz CT molecular complexity index is 3650. The molecular weight excluding hydrogens is 1000 g/mol. The Labute approximate surface area is 461 Å². The fourth-order valence-corrected chi connectivity index (χ4v) is 11.0. The molecular formula is C68H54N4O8. The average Bonchev–Trinajstić information content (AvgIpc) is 3.54. The van der Waals surface area contributed by atoms with E-state index in [0.29, 0.717) is 112 Å². The molecule has 0 spiro atoms. The molecule has 394 valence electrons. The van der Waals surface area contributed by atoms with Gasteiger partial charge in [-0.25, -0.2) is 0 Å². The maximum atomic E-state index is 11.8. The van der Waals surface area contributed by atoms with Crippen LogP contribution in [-0.4, -0.2) is 40.9 Å². The standard InChI is InChI=1S/C68H54N4O8/c73-61-41-7-1-8-42(61)28-46-12-4-16-50(64(46)76)32-54-36-59(35-53(67(54)79)31-49-15-3-11-45(27-41)63(49)75)71-69-57-23-19-39(20-24-57)40-21-25-58(26-22-40)70-72-60-37-55-33-51-17-5-13-47(65(51)77)29-43-9-2-10-44(62(43)74)30-48-14-6-18-52(66(48)78)34-56(38-60)68(55)80/h1-26,35-38,73-80H,27-34H2. The molecule has 10 aromatic rings. The van der Waals surface area contributed by atoms with Gasteiger partial charge in [0.05, 0.1) is 22.7 Å². The van der Waals surface area contributed by atoms with Crippen molar-refractivity contribution in [3.8, 4) is 57.1 Å². The minimum Gasteiger partial charge on any atom is -0.507 e. The van der Waals surface area contributed by atoms with Crippen molar-refractivity contribution in [2.75, 3.05) is 0 Å². The molecule has 0 unspecified atom stereocenters. The van der Waals surface area contributed by atoms with Gasteiger partial charge in [0.1, 0.15) is 46.0 Å². The van der Waals surface area contributed by atoms with Crippen molar-refractivity contribution in [2.24, 2.45) is 20.5 Å². The molecule has 0 saturated carbocycles. The van der Waals surface area contributed by atoms with Crippen LogP contribution in [0.1, 0.15) is 89.0 Å². The van der Waals surface area contributed by atoms with Gasteiger partial charge in [-0.1, -0.05) is 133 Å². The fraction of sp³-hybridized carbons (Fsp3) is 0.118. The van der Waals surface area contributed by atoms with E-state index < -0.39 is 0 Å². The molecule has 2 aliphatic carbocycles. The van der Waals surface area contributed by atoms with Gasteiger partial charge < -0.3 is 40.9 Å². The van der Waals surface area contributed by atoms with E-state index in [2.05, 4.69) is 20.5 Å². The smallest absolute Gasteiger partial charge is 0.122 e. The molecule has 12 nitrogen and oxygen atoms in total. The Hall–Kier alpha value is -10.2. The summed E-state index contributed by atoms with van der Waals surface area (Å²) in [6.45, 7) is 0. The number of para-hydroxylation sites is 6. The molecule has 0 atom stereocenters. The summed E-state index contributed by atoms with van der Waals surface area (Å²) in [6.07, 6.45) is 1.84. The molecule has 0 aromatic heterocycles. The number of hydrogen-bond acceptors (Lipinski definition) is 12. The minimum atomic E-state index is 0.0319. The summed E-state index contributed by atoms with van der Waals surface area (Å²) >= 11 is 0. The summed E-state index contributed by atoms with van der Waals surface area (Å²) in [6, 6.07) is 55.2. The number of fused-ring (bicyclic) bond motifs is 16. The van der Waals surface area contributed by atoms with E-state index in [1.807, 2.05) is 158 Å². The lowest BCUT2D eigenvalue weighted by molar-refractivity contribution is 0.449. The van der Waals surface area contributed by atoms with E-state index in [4.69, 9.17) is 0 Å². The maximum Gasteiger partial charge on any atom is 0.122 e. The molecule has 12 heteroatoms. The second-order valence-corrected chi connectivity index (χ2v) is 20.7. The van der Waals surface area contributed by atoms with Crippen LogP contribution in [0.5, 0.6) is 46.0 Å². The SMILES string of the molecule is Oc1c2cccc1Cc1cccc(c1O)Cc1cc(N=Nc3ccc(-c4ccc(N=Nc5cc6c(O)c(c5)Cc5cccc(c5O)Cc5cccc(c5O)Cc5cccc(c5O)C6)cc4)cc3)cc(c1O)Cc1cccc(c1O)C2. The molecule has 80 heavy (non-hydrogen) atoms. The predicted molar refractivity (Wildman–Crippen MR) is 308 cm³/mol. The maximum absolute atomic E-state index is 11.8. The lowest BCUT2D eigenvalue weighted by Crippen LogP contribution is -2.00. The topological polar surface area (TPSA) is 211 Å². The van der Waals surface area contributed by atoms with Gasteiger partial charge >= 0.3 is 0 Å². The first-order valence-electron chi connectivity index (χ1n) is 26.4. The first-order chi connectivity index (χ1) is 38.9. The normalized spacial score (nSPS) is 13.2. The number of aromatic hydroxyl groups is 8. The van der Waals surface area contributed by atoms with Gasteiger partial charge in [-0.05, 0) is 126 Å². The highest BCUT2D eigenvalue weighted by Crippen LogP contribution is 2.42. The van der Waals surface area contributed by atoms with Crippen LogP contribution in [0, 0.1) is 0 Å². The first kappa shape index (κ1) is 50.6. The van der Waals surface area contributed by atoms with Crippen molar-refractivity contribution in [2.45, 2.75) is 51.4 Å². The number of phenolic OH excluding ortho intramolecular Hbond substituents is 8. The van der Waals surface area contributed by atoms with Gasteiger partial charge in [0.15, 0.2) is 0 Å². The second kappa shape index (κ2) is 21.3. The molecule has 0 aliphatic heterocycles. The van der Waals surface area contributed by atoms with Crippen molar-refractivity contribution in [1.29, 1.82) is 0 Å². The number of azo groups is 2. The number of hydrogen-bond donors (Lipinski definition) is 8. The molecule has 0 radical (unpaired) electrons. The van der Waals surface area contributed by atoms with Gasteiger partial charge in [0.2, 0.25) is 0 Å². The van der Waals surface area contributed by atoms with Crippen molar-refractivity contribution < 1.29 is 40.9 Å². The van der Waals surface area contributed by atoms with Crippen molar-refractivity contribution in [3.63, 3.8) is 0 Å². The van der Waals surface area contributed by atoms with E-state index in [-0.39, 0.29) is 97.4 Å². The summed E-state index contributed by atoms with van der Waals surface area (Å²) in [4.78, 5) is 0. The highest BCUT2D eigenvalue weighted by Gasteiger charge is 2.22. The zero-order valence-corrected chi connectivity index (χ0v) is 43.3. The zero-order valence-electron chi connectivity index (χ0n) is 43.3. The predicted octanol–water partition coefficient (Wildman–Crippen LogP) is 15.2. The lowest BCUT2D eigenvalue weighted by Gasteiger charge is -2.17. The molecule has 0 saturated heterocycles. The monoisotopic (exact) mass is 1050 g/mol. The highest BCUT2D eigenvalue weighted by molar-refractivity contribution is 5.68. The molecule has 12 rings (SSSR count). The van der Waals surface area contributed by atoms with Crippen LogP contribution < -0.4 is 0 Å². The molecule has 8 N–H and O–H groups in total. The number of nitrogens with zero attached hydrogens (tertiary/aromatic N) is 4. The highest BCUT2D eigenvalue weighted by atomic mass is 16.3. The van der Waals surface area contributed by atoms with Gasteiger partial charge in [-0.15, -0.1) is 0 Å². The molecule has 10 aromatic carbocycles. The quantitative estimate of drug-likeness (QED) is 0.0775. The fourth-order valence-electron chi connectivity index (χ4n) is 11.0. The van der Waals surface area contributed by atoms with E-state index >= 15 is 0 Å². The van der Waals surface area contributed by atoms with E-state index in [9.17, 15) is 40.9 Å². The third-order valence-corrected chi connectivity index (χ3v) is 15.4. The molecule has 16 bridgehead atoms. The summed E-state index contributed by atoms with van der Waals surface area (Å²) in [5, 5.41) is 111. The van der Waals surface area contributed by atoms with Crippen LogP contribution in [0.2, 0.25) is 0 Å². The molecule has 0 fully saturated rings. The van der Waals surface area contributed by atoms with Gasteiger partial charge in [0.25, 0.3) is 0 Å². The van der Waals surface area contributed by atoms with Crippen molar-refractivity contribution in [1.82, 2.24) is 0 Å². The zero-order chi connectivity index (χ0) is 55.0. The van der Waals surface area contributed by atoms with Crippen LogP contribution in [0.3, 0.4) is 0 Å². The average molecular weight is 1060 g/mol. The molecule has 0 heterocycles. The molecule has 2 aliphatic rings. The van der Waals surface area contributed by atoms with Gasteiger partial charge in [0, 0.05) is 73.6 Å². The largest absolute Gasteiger partial charge is 0.507 e. The van der Waals surface area contributed by atoms with E-state index in [1.54, 1.807) is 24.3 Å². The van der Waals surface area contributed by atoms with Crippen LogP contribution in [0.15, 0.2) is 202 Å². The van der Waals surface area contributed by atoms with Crippen molar-refractivity contribution >= 4 is 22.7 Å². The number of benzene rings is 10. The summed E-state index contributed by atoms with van der Waals surface area (Å²) in [7, 11) is 0. The second-order valence-electron chi connectivity index (χ2n) is 20.7. The van der Waals surface area contributed by atoms with Crippen LogP contribution >= 0.6 is 0 Å². The van der Waals surface area contributed by atoms with E-state index in [1.165, 1.54) is 0 Å². The van der Waals surface area contributed by atoms with Gasteiger partial charge in [-0.2, -0.15) is 20.5 Å². The van der Waals surface area contributed by atoms with Crippen molar-refractivity contribution in [3.05, 3.63) is 271 Å². The summed E-state index contributed by atoms with van der Waals surface area (Å²) < 4.78 is 0. The Morgan fingerprint density at radius 1 is 0.188 bits per heavy atom. The Morgan fingerprint density at radius 3 is 0.550 bits per heavy atom. The Kier molecular flexibility index (Phi) is 13.5.